The highest BCUT2D eigenvalue weighted by Gasteiger charge is 2.17. The fraction of sp³-hybridized carbons (Fsp3) is 0.259. The molecule has 0 aliphatic carbocycles. The van der Waals surface area contributed by atoms with E-state index in [-0.39, 0.29) is 11.7 Å². The van der Waals surface area contributed by atoms with E-state index in [1.165, 1.54) is 12.7 Å². The van der Waals surface area contributed by atoms with Crippen molar-refractivity contribution in [3.63, 3.8) is 0 Å². The van der Waals surface area contributed by atoms with E-state index < -0.39 is 0 Å². The van der Waals surface area contributed by atoms with Gasteiger partial charge in [-0.05, 0) is 38.3 Å². The Kier molecular flexibility index (Phi) is 6.93. The van der Waals surface area contributed by atoms with Crippen LogP contribution in [-0.2, 0) is 9.53 Å². The largest absolute Gasteiger partial charge is 0.504 e. The molecule has 6 heteroatoms. The van der Waals surface area contributed by atoms with Gasteiger partial charge in [-0.2, -0.15) is 0 Å². The van der Waals surface area contributed by atoms with Gasteiger partial charge in [0.05, 0.1) is 24.8 Å². The van der Waals surface area contributed by atoms with Crippen molar-refractivity contribution in [3.8, 4) is 28.6 Å². The molecule has 3 aromatic carbocycles. The van der Waals surface area contributed by atoms with Gasteiger partial charge in [0, 0.05) is 29.8 Å². The molecule has 0 bridgehead atoms. The number of benzene rings is 3. The van der Waals surface area contributed by atoms with E-state index >= 15 is 0 Å². The molecule has 0 unspecified atom stereocenters. The lowest BCUT2D eigenvalue weighted by Gasteiger charge is -2.12. The van der Waals surface area contributed by atoms with Crippen LogP contribution in [0.25, 0.3) is 28.1 Å². The summed E-state index contributed by atoms with van der Waals surface area (Å²) in [4.78, 5) is 16.0. The molecule has 0 aliphatic heterocycles. The number of phenols is 1. The van der Waals surface area contributed by atoms with Crippen LogP contribution >= 0.6 is 0 Å². The number of rotatable bonds is 9. The number of aromatic hydroxyl groups is 1. The second-order valence-electron chi connectivity index (χ2n) is 8.02. The zero-order valence-corrected chi connectivity index (χ0v) is 19.0. The van der Waals surface area contributed by atoms with Crippen molar-refractivity contribution in [1.29, 1.82) is 0 Å². The molecule has 0 spiro atoms. The maximum Gasteiger partial charge on any atom is 0.305 e. The molecule has 1 aromatic heterocycles. The highest BCUT2D eigenvalue weighted by atomic mass is 16.5. The van der Waals surface area contributed by atoms with E-state index in [1.54, 1.807) is 6.07 Å². The number of carbonyl (C=O) groups excluding carboxylic acids is 1. The maximum absolute atomic E-state index is 11.2. The summed E-state index contributed by atoms with van der Waals surface area (Å²) in [6, 6.07) is 21.8. The quantitative estimate of drug-likeness (QED) is 0.260. The number of aryl methyl sites for hydroxylation is 1. The summed E-state index contributed by atoms with van der Waals surface area (Å²) < 4.78 is 12.6. The van der Waals surface area contributed by atoms with Crippen LogP contribution in [0.15, 0.2) is 66.7 Å². The first-order valence-corrected chi connectivity index (χ1v) is 11.1. The van der Waals surface area contributed by atoms with Gasteiger partial charge in [-0.1, -0.05) is 48.0 Å². The average molecular weight is 445 g/mol. The number of aromatic nitrogens is 2. The number of unbranched alkanes of at least 4 members (excludes halogenated alkanes) is 2. The van der Waals surface area contributed by atoms with Crippen LogP contribution in [0.5, 0.6) is 11.5 Å². The molecule has 6 nitrogen and oxygen atoms in total. The van der Waals surface area contributed by atoms with Crippen LogP contribution in [-0.4, -0.2) is 34.3 Å². The first kappa shape index (κ1) is 22.4. The number of methoxy groups -OCH3 is 1. The van der Waals surface area contributed by atoms with Gasteiger partial charge in [0.2, 0.25) is 0 Å². The Bertz CT molecular complexity index is 1230. The Balaban J connectivity index is 1.63. The van der Waals surface area contributed by atoms with E-state index in [1.807, 2.05) is 36.4 Å². The highest BCUT2D eigenvalue weighted by Crippen LogP contribution is 2.36. The van der Waals surface area contributed by atoms with Crippen LogP contribution in [0.1, 0.15) is 31.2 Å². The van der Waals surface area contributed by atoms with Gasteiger partial charge in [0.15, 0.2) is 11.5 Å². The summed E-state index contributed by atoms with van der Waals surface area (Å²) >= 11 is 0. The summed E-state index contributed by atoms with van der Waals surface area (Å²) in [5.74, 6) is 1.08. The fourth-order valence-electron chi connectivity index (χ4n) is 3.78. The molecule has 0 atom stereocenters. The Morgan fingerprint density at radius 1 is 1.00 bits per heavy atom. The number of imidazole rings is 1. The van der Waals surface area contributed by atoms with Gasteiger partial charge in [-0.25, -0.2) is 4.98 Å². The third-order valence-corrected chi connectivity index (χ3v) is 5.57. The molecule has 170 valence electrons. The van der Waals surface area contributed by atoms with E-state index in [0.29, 0.717) is 24.3 Å². The summed E-state index contributed by atoms with van der Waals surface area (Å²) in [5, 5.41) is 10.6. The molecular formula is C27H28N2O4. The molecular weight excluding hydrogens is 416 g/mol. The first-order valence-electron chi connectivity index (χ1n) is 11.1. The Hall–Kier alpha value is -3.80. The van der Waals surface area contributed by atoms with E-state index in [9.17, 15) is 9.90 Å². The van der Waals surface area contributed by atoms with Crippen LogP contribution in [0, 0.1) is 6.92 Å². The van der Waals surface area contributed by atoms with Crippen LogP contribution in [0.3, 0.4) is 0 Å². The van der Waals surface area contributed by atoms with Gasteiger partial charge >= 0.3 is 5.97 Å². The zero-order chi connectivity index (χ0) is 23.2. The minimum absolute atomic E-state index is 0.0604. The van der Waals surface area contributed by atoms with Crippen LogP contribution in [0.4, 0.5) is 0 Å². The van der Waals surface area contributed by atoms with E-state index in [2.05, 4.69) is 40.5 Å². The molecule has 0 amide bonds. The van der Waals surface area contributed by atoms with Crippen molar-refractivity contribution in [3.05, 3.63) is 72.3 Å². The lowest BCUT2D eigenvalue weighted by atomic mass is 10.2. The number of ether oxygens (including phenoxy) is 2. The molecule has 0 aliphatic rings. The Labute approximate surface area is 193 Å². The van der Waals surface area contributed by atoms with Crippen molar-refractivity contribution in [1.82, 2.24) is 9.55 Å². The first-order chi connectivity index (χ1) is 16.1. The molecule has 0 fully saturated rings. The Morgan fingerprint density at radius 3 is 2.48 bits per heavy atom. The average Bonchev–Trinajstić information content (AvgIpc) is 3.20. The standard InChI is InChI=1S/C27H28N2O4/c1-19-12-14-21(15-13-19)29-23-18-25(33-16-8-4-7-11-26(31)32-2)24(30)17-22(23)28-27(29)20-9-5-3-6-10-20/h3,5-6,9-10,12-15,17-18,30H,4,7-8,11,16H2,1-2H3. The van der Waals surface area contributed by atoms with Crippen molar-refractivity contribution in [2.45, 2.75) is 32.6 Å². The highest BCUT2D eigenvalue weighted by molar-refractivity contribution is 5.86. The van der Waals surface area contributed by atoms with Gasteiger partial charge in [0.25, 0.3) is 0 Å². The van der Waals surface area contributed by atoms with Crippen molar-refractivity contribution in [2.24, 2.45) is 0 Å². The topological polar surface area (TPSA) is 73.6 Å². The van der Waals surface area contributed by atoms with Crippen LogP contribution < -0.4 is 4.74 Å². The number of carbonyl (C=O) groups is 1. The number of fused-ring (bicyclic) bond motifs is 1. The van der Waals surface area contributed by atoms with E-state index in [0.717, 1.165) is 41.9 Å². The summed E-state index contributed by atoms with van der Waals surface area (Å²) in [7, 11) is 1.40. The minimum Gasteiger partial charge on any atom is -0.504 e. The number of esters is 1. The maximum atomic E-state index is 11.2. The van der Waals surface area contributed by atoms with Crippen molar-refractivity contribution >= 4 is 17.0 Å². The van der Waals surface area contributed by atoms with Gasteiger partial charge in [-0.3, -0.25) is 9.36 Å². The van der Waals surface area contributed by atoms with Gasteiger partial charge in [0.1, 0.15) is 5.82 Å². The lowest BCUT2D eigenvalue weighted by molar-refractivity contribution is -0.140. The van der Waals surface area contributed by atoms with E-state index in [4.69, 9.17) is 9.72 Å². The molecule has 1 N–H and O–H groups in total. The smallest absolute Gasteiger partial charge is 0.305 e. The third kappa shape index (κ3) is 5.17. The molecule has 4 aromatic rings. The predicted molar refractivity (Wildman–Crippen MR) is 129 cm³/mol. The van der Waals surface area contributed by atoms with Crippen molar-refractivity contribution < 1.29 is 19.4 Å². The number of phenolic OH excluding ortho intramolecular Hbond substituents is 1. The number of hydrogen-bond donors (Lipinski definition) is 1. The second-order valence-corrected chi connectivity index (χ2v) is 8.02. The SMILES string of the molecule is COC(=O)CCCCCOc1cc2c(cc1O)nc(-c1ccccc1)n2-c1ccc(C)cc1. The number of nitrogens with zero attached hydrogens (tertiary/aromatic N) is 2. The zero-order valence-electron chi connectivity index (χ0n) is 19.0. The Morgan fingerprint density at radius 2 is 1.76 bits per heavy atom. The normalized spacial score (nSPS) is 11.0. The summed E-state index contributed by atoms with van der Waals surface area (Å²) in [6.45, 7) is 2.51. The summed E-state index contributed by atoms with van der Waals surface area (Å²) in [6.07, 6.45) is 2.78. The molecule has 0 saturated heterocycles. The minimum atomic E-state index is -0.197. The van der Waals surface area contributed by atoms with Crippen molar-refractivity contribution in [2.75, 3.05) is 13.7 Å². The molecule has 0 saturated carbocycles. The fourth-order valence-corrected chi connectivity index (χ4v) is 3.78. The number of hydrogen-bond acceptors (Lipinski definition) is 5. The monoisotopic (exact) mass is 444 g/mol. The molecule has 0 radical (unpaired) electrons. The molecule has 1 heterocycles. The van der Waals surface area contributed by atoms with Crippen LogP contribution in [0.2, 0.25) is 0 Å². The molecule has 4 rings (SSSR count). The lowest BCUT2D eigenvalue weighted by Crippen LogP contribution is -2.02. The molecule has 33 heavy (non-hydrogen) atoms. The van der Waals surface area contributed by atoms with Gasteiger partial charge < -0.3 is 14.6 Å². The predicted octanol–water partition coefficient (Wildman–Crippen LogP) is 5.82. The third-order valence-electron chi connectivity index (χ3n) is 5.57. The second kappa shape index (κ2) is 10.2. The van der Waals surface area contributed by atoms with Gasteiger partial charge in [-0.15, -0.1) is 0 Å². The summed E-state index contributed by atoms with van der Waals surface area (Å²) in [5.41, 5.74) is 4.70.